The summed E-state index contributed by atoms with van der Waals surface area (Å²) in [5.41, 5.74) is 15.8. The van der Waals surface area contributed by atoms with E-state index in [1.54, 1.807) is 13.2 Å². The summed E-state index contributed by atoms with van der Waals surface area (Å²) in [6, 6.07) is 28.1. The van der Waals surface area contributed by atoms with Gasteiger partial charge in [-0.2, -0.15) is 23.8 Å². The summed E-state index contributed by atoms with van der Waals surface area (Å²) in [5.74, 6) is 1.19. The van der Waals surface area contributed by atoms with Crippen LogP contribution in [0, 0.1) is 56.6 Å². The van der Waals surface area contributed by atoms with Gasteiger partial charge in [-0.25, -0.2) is 17.3 Å². The number of benzene rings is 4. The summed E-state index contributed by atoms with van der Waals surface area (Å²) in [4.78, 5) is 9.27. The molecule has 6 nitrogen and oxygen atoms in total. The molecule has 10 rings (SSSR count). The molecule has 0 radical (unpaired) electrons. The number of rotatable bonds is 5. The number of nitrogens with zero attached hydrogens (tertiary/aromatic N) is 5. The van der Waals surface area contributed by atoms with E-state index in [4.69, 9.17) is 17.0 Å². The van der Waals surface area contributed by atoms with Gasteiger partial charge in [-0.05, 0) is 124 Å². The predicted molar refractivity (Wildman–Crippen MR) is 210 cm³/mol. The number of fused-ring (bicyclic) bond motifs is 8. The molecule has 250 valence electrons. The number of hydrogen-bond donors (Lipinski definition) is 1. The molecular formula is C45H34KN6U-. The number of nitrogens with one attached hydrogen (secondary N) is 1. The monoisotopic (exact) mass is 935 g/mol. The number of pyridine rings is 2. The van der Waals surface area contributed by atoms with Crippen LogP contribution in [0.15, 0.2) is 110 Å². The molecule has 8 heteroatoms. The topological polar surface area (TPSA) is 73.6 Å². The van der Waals surface area contributed by atoms with Crippen LogP contribution in [0.3, 0.4) is 0 Å². The van der Waals surface area contributed by atoms with Crippen molar-refractivity contribution < 1.29 is 82.5 Å². The molecule has 0 unspecified atom stereocenters. The van der Waals surface area contributed by atoms with Gasteiger partial charge >= 0.3 is 82.5 Å². The van der Waals surface area contributed by atoms with Gasteiger partial charge in [0.25, 0.3) is 0 Å². The van der Waals surface area contributed by atoms with Crippen LogP contribution in [-0.2, 0) is 25.7 Å². The first-order valence-corrected chi connectivity index (χ1v) is 17.0. The Morgan fingerprint density at radius 3 is 2.19 bits per heavy atom. The molecule has 0 spiro atoms. The van der Waals surface area contributed by atoms with Crippen LogP contribution in [0.5, 0.6) is 0 Å². The Morgan fingerprint density at radius 2 is 1.51 bits per heavy atom. The zero-order valence-electron chi connectivity index (χ0n) is 30.0. The Kier molecular flexibility index (Phi) is 10.6. The number of hydrogen-bond acceptors (Lipinski definition) is 3. The van der Waals surface area contributed by atoms with Crippen LogP contribution < -0.4 is 51.4 Å². The first-order valence-electron chi connectivity index (χ1n) is 17.0. The molecule has 0 amide bonds. The van der Waals surface area contributed by atoms with Gasteiger partial charge in [-0.3, -0.25) is 16.1 Å². The number of aromatic nitrogens is 4. The van der Waals surface area contributed by atoms with E-state index in [0.717, 1.165) is 75.5 Å². The quantitative estimate of drug-likeness (QED) is 0.0863. The van der Waals surface area contributed by atoms with E-state index < -0.39 is 0 Å². The minimum absolute atomic E-state index is 0. The first-order chi connectivity index (χ1) is 24.6. The Hall–Kier alpha value is -3.58. The second-order valence-electron chi connectivity index (χ2n) is 13.2. The van der Waals surface area contributed by atoms with Crippen molar-refractivity contribution in [1.29, 1.82) is 5.41 Å². The van der Waals surface area contributed by atoms with Crippen molar-refractivity contribution in [3.05, 3.63) is 163 Å². The normalized spacial score (nSPS) is 12.7. The van der Waals surface area contributed by atoms with Crippen molar-refractivity contribution in [2.75, 3.05) is 7.05 Å². The fourth-order valence-electron chi connectivity index (χ4n) is 8.65. The van der Waals surface area contributed by atoms with Crippen LogP contribution in [0.2, 0.25) is 0 Å². The third-order valence-electron chi connectivity index (χ3n) is 10.6. The maximum atomic E-state index is 9.00. The van der Waals surface area contributed by atoms with Crippen molar-refractivity contribution in [1.82, 2.24) is 19.1 Å². The molecule has 0 atom stereocenters. The molecule has 53 heavy (non-hydrogen) atoms. The van der Waals surface area contributed by atoms with Gasteiger partial charge < -0.3 is 22.7 Å². The zero-order chi connectivity index (χ0) is 33.5. The maximum Gasteiger partial charge on any atom is 2.00 e. The summed E-state index contributed by atoms with van der Waals surface area (Å²) in [6.07, 6.45) is 15.7. The van der Waals surface area contributed by atoms with Crippen molar-refractivity contribution in [2.45, 2.75) is 25.7 Å². The Morgan fingerprint density at radius 1 is 0.792 bits per heavy atom. The van der Waals surface area contributed by atoms with Gasteiger partial charge in [0.2, 0.25) is 0 Å². The molecule has 4 aromatic heterocycles. The molecular weight excluding hydrogens is 902 g/mol. The minimum atomic E-state index is 0. The third kappa shape index (κ3) is 5.77. The Bertz CT molecular complexity index is 2780. The second kappa shape index (κ2) is 14.9. The number of allylic oxidation sites excluding steroid dienone is 1. The fourth-order valence-corrected chi connectivity index (χ4v) is 8.65. The average Bonchev–Trinajstić information content (AvgIpc) is 3.68. The average molecular weight is 936 g/mol. The molecule has 0 saturated carbocycles. The smallest absolute Gasteiger partial charge is 0.704 e. The molecule has 4 heterocycles. The Balaban J connectivity index is 0.00000145. The molecule has 0 saturated heterocycles. The molecule has 2 aliphatic carbocycles. The summed E-state index contributed by atoms with van der Waals surface area (Å²) >= 11 is 0. The molecule has 2 aliphatic rings. The fraction of sp³-hybridized carbons (Fsp3) is 0.111. The zero-order valence-corrected chi connectivity index (χ0v) is 37.3. The number of aryl methyl sites for hydroxylation is 4. The maximum absolute atomic E-state index is 9.00. The van der Waals surface area contributed by atoms with Crippen LogP contribution >= 0.6 is 0 Å². The summed E-state index contributed by atoms with van der Waals surface area (Å²) < 4.78 is 4.41. The van der Waals surface area contributed by atoms with E-state index >= 15 is 0 Å². The van der Waals surface area contributed by atoms with Gasteiger partial charge in [0.1, 0.15) is 5.82 Å². The van der Waals surface area contributed by atoms with Gasteiger partial charge in [0.15, 0.2) is 0 Å². The minimum Gasteiger partial charge on any atom is -0.704 e. The van der Waals surface area contributed by atoms with E-state index in [1.165, 1.54) is 55.7 Å². The summed E-state index contributed by atoms with van der Waals surface area (Å²) in [5, 5.41) is 17.9. The van der Waals surface area contributed by atoms with Gasteiger partial charge in [-0.15, -0.1) is 7.05 Å². The van der Waals surface area contributed by atoms with E-state index in [9.17, 15) is 0 Å². The standard InChI is InChI=1S/C44H31N6.CH3.K.U/c1-3-39(45)49-37-15-9-26(17-20-46-2)21-33(37)35-23-28-11-14-32-42-29(10-13-31(41(28)42)43(35)49)24-36-34-22-27(30-7-6-18-47-25-30)12-16-38(34)50(44(32)36)40-8-4-5-19-48-40;;;/h1,3-9,12,15-16,18-25,45H,10-11,13-14H2,2H3;1H3;;/q-3;-1;+1;+2. The molecule has 4 aromatic carbocycles. The van der Waals surface area contributed by atoms with Crippen molar-refractivity contribution in [3.8, 4) is 28.1 Å². The van der Waals surface area contributed by atoms with E-state index in [2.05, 4.69) is 81.6 Å². The van der Waals surface area contributed by atoms with Gasteiger partial charge in [0, 0.05) is 46.0 Å². The summed E-state index contributed by atoms with van der Waals surface area (Å²) in [7, 11) is 1.75. The largest absolute Gasteiger partial charge is 2.00 e. The van der Waals surface area contributed by atoms with Crippen LogP contribution in [-0.4, -0.2) is 32.0 Å². The first kappa shape index (κ1) is 37.7. The van der Waals surface area contributed by atoms with Crippen molar-refractivity contribution in [2.24, 2.45) is 0 Å². The van der Waals surface area contributed by atoms with Crippen LogP contribution in [0.1, 0.15) is 27.8 Å². The summed E-state index contributed by atoms with van der Waals surface area (Å²) in [6.45, 7) is 6.07. The SMILES string of the molecule is [CH-]=CC(=N)n1c2ccc([C-]=C[N-]C)cc2c2cc3c4c(c21)CCc1cc2c5cc(-c6cccnc6)ccc5n(-c5ccccn5)c2c(c1-4)CC3.[CH3-].[K+].[U+2]. The molecule has 0 aliphatic heterocycles. The molecule has 0 fully saturated rings. The van der Waals surface area contributed by atoms with Crippen molar-refractivity contribution in [3.63, 3.8) is 0 Å². The van der Waals surface area contributed by atoms with Crippen molar-refractivity contribution >= 4 is 49.4 Å². The van der Waals surface area contributed by atoms with Gasteiger partial charge in [-0.1, -0.05) is 24.3 Å². The van der Waals surface area contributed by atoms with E-state index in [0.29, 0.717) is 0 Å². The van der Waals surface area contributed by atoms with Crippen LogP contribution in [0.4, 0.5) is 0 Å². The van der Waals surface area contributed by atoms with Gasteiger partial charge in [0.05, 0.1) is 11.0 Å². The Labute approximate surface area is 375 Å². The third-order valence-corrected chi connectivity index (χ3v) is 10.6. The van der Waals surface area contributed by atoms with E-state index in [-0.39, 0.29) is 95.8 Å². The molecule has 0 bridgehead atoms. The van der Waals surface area contributed by atoms with Crippen LogP contribution in [0.25, 0.3) is 77.0 Å². The molecule has 1 N–H and O–H groups in total. The second-order valence-corrected chi connectivity index (χ2v) is 13.2. The molecule has 8 aromatic rings. The van der Waals surface area contributed by atoms with E-state index in [1.807, 2.05) is 41.4 Å². The predicted octanol–water partition coefficient (Wildman–Crippen LogP) is 7.15.